The molecule has 3 heteroatoms. The van der Waals surface area contributed by atoms with Crippen LogP contribution in [0.25, 0.3) is 11.1 Å². The fraction of sp³-hybridized carbons (Fsp3) is 0.316. The summed E-state index contributed by atoms with van der Waals surface area (Å²) in [5.41, 5.74) is 3.05. The Bertz CT molecular complexity index is 656. The van der Waals surface area contributed by atoms with Crippen LogP contribution in [0.1, 0.15) is 10.4 Å². The predicted octanol–water partition coefficient (Wildman–Crippen LogP) is 2.55. The minimum atomic E-state index is 0.0394. The highest BCUT2D eigenvalue weighted by Gasteiger charge is 2.52. The second-order valence-electron chi connectivity index (χ2n) is 6.30. The molecule has 3 nitrogen and oxygen atoms in total. The number of nitrogens with one attached hydrogen (secondary N) is 2. The van der Waals surface area contributed by atoms with Crippen LogP contribution in [-0.2, 0) is 0 Å². The lowest BCUT2D eigenvalue weighted by Crippen LogP contribution is -2.28. The van der Waals surface area contributed by atoms with Crippen molar-refractivity contribution in [2.75, 3.05) is 19.6 Å². The fourth-order valence-electron chi connectivity index (χ4n) is 3.61. The molecule has 0 spiro atoms. The summed E-state index contributed by atoms with van der Waals surface area (Å²) in [5.74, 6) is 2.31. The normalized spacial score (nSPS) is 25.5. The molecule has 0 aromatic heterocycles. The van der Waals surface area contributed by atoms with Gasteiger partial charge in [-0.3, -0.25) is 4.79 Å². The Kier molecular flexibility index (Phi) is 3.43. The van der Waals surface area contributed by atoms with Gasteiger partial charge in [0, 0.05) is 12.1 Å². The summed E-state index contributed by atoms with van der Waals surface area (Å²) in [7, 11) is 0. The first-order valence-corrected chi connectivity index (χ1v) is 7.97. The smallest absolute Gasteiger partial charge is 0.251 e. The van der Waals surface area contributed by atoms with Gasteiger partial charge in [-0.15, -0.1) is 0 Å². The van der Waals surface area contributed by atoms with Crippen molar-refractivity contribution in [3.63, 3.8) is 0 Å². The summed E-state index contributed by atoms with van der Waals surface area (Å²) in [6.45, 7) is 3.06. The molecule has 1 saturated heterocycles. The molecular weight excluding hydrogens is 272 g/mol. The Balaban J connectivity index is 1.37. The number of piperidine rings is 1. The van der Waals surface area contributed by atoms with Gasteiger partial charge in [0.1, 0.15) is 0 Å². The number of hydrogen-bond acceptors (Lipinski definition) is 2. The highest BCUT2D eigenvalue weighted by molar-refractivity contribution is 5.94. The highest BCUT2D eigenvalue weighted by Crippen LogP contribution is 2.47. The van der Waals surface area contributed by atoms with Crippen molar-refractivity contribution in [1.82, 2.24) is 10.6 Å². The van der Waals surface area contributed by atoms with Crippen molar-refractivity contribution in [2.24, 2.45) is 17.8 Å². The first-order valence-electron chi connectivity index (χ1n) is 7.97. The van der Waals surface area contributed by atoms with Gasteiger partial charge in [-0.25, -0.2) is 0 Å². The summed E-state index contributed by atoms with van der Waals surface area (Å²) >= 11 is 0. The largest absolute Gasteiger partial charge is 0.352 e. The van der Waals surface area contributed by atoms with E-state index in [-0.39, 0.29) is 5.91 Å². The third-order valence-corrected chi connectivity index (χ3v) is 5.02. The van der Waals surface area contributed by atoms with Crippen LogP contribution >= 0.6 is 0 Å². The monoisotopic (exact) mass is 292 g/mol. The van der Waals surface area contributed by atoms with E-state index in [9.17, 15) is 4.79 Å². The molecule has 1 heterocycles. The minimum Gasteiger partial charge on any atom is -0.352 e. The maximum absolute atomic E-state index is 12.2. The molecule has 112 valence electrons. The van der Waals surface area contributed by atoms with E-state index in [0.717, 1.165) is 42.6 Å². The van der Waals surface area contributed by atoms with E-state index in [0.29, 0.717) is 5.92 Å². The number of fused-ring (bicyclic) bond motifs is 1. The average molecular weight is 292 g/mol. The molecule has 2 atom stereocenters. The van der Waals surface area contributed by atoms with Gasteiger partial charge in [0.05, 0.1) is 0 Å². The molecule has 2 aromatic carbocycles. The number of carbonyl (C=O) groups is 1. The van der Waals surface area contributed by atoms with Crippen molar-refractivity contribution < 1.29 is 4.79 Å². The molecule has 1 aliphatic carbocycles. The fourth-order valence-corrected chi connectivity index (χ4v) is 3.61. The maximum atomic E-state index is 12.2. The van der Waals surface area contributed by atoms with Gasteiger partial charge in [-0.2, -0.15) is 0 Å². The van der Waals surface area contributed by atoms with Crippen LogP contribution in [0.5, 0.6) is 0 Å². The molecule has 1 aliphatic heterocycles. The third kappa shape index (κ3) is 2.53. The second-order valence-corrected chi connectivity index (χ2v) is 6.30. The van der Waals surface area contributed by atoms with E-state index >= 15 is 0 Å². The van der Waals surface area contributed by atoms with Crippen molar-refractivity contribution in [3.8, 4) is 11.1 Å². The zero-order valence-corrected chi connectivity index (χ0v) is 12.5. The molecule has 0 radical (unpaired) electrons. The Morgan fingerprint density at radius 3 is 2.27 bits per heavy atom. The first kappa shape index (κ1) is 13.5. The predicted molar refractivity (Wildman–Crippen MR) is 87.6 cm³/mol. The van der Waals surface area contributed by atoms with Gasteiger partial charge in [-0.1, -0.05) is 42.5 Å². The number of rotatable bonds is 4. The number of carbonyl (C=O) groups excluding carboxylic acids is 1. The van der Waals surface area contributed by atoms with Gasteiger partial charge in [-0.05, 0) is 54.1 Å². The lowest BCUT2D eigenvalue weighted by atomic mass is 10.0. The van der Waals surface area contributed by atoms with Gasteiger partial charge >= 0.3 is 0 Å². The number of hydrogen-bond donors (Lipinski definition) is 2. The molecule has 0 bridgehead atoms. The van der Waals surface area contributed by atoms with Crippen LogP contribution in [0.4, 0.5) is 0 Å². The Hall–Kier alpha value is -2.13. The van der Waals surface area contributed by atoms with Crippen LogP contribution in [-0.4, -0.2) is 25.5 Å². The van der Waals surface area contributed by atoms with E-state index in [2.05, 4.69) is 22.8 Å². The topological polar surface area (TPSA) is 41.1 Å². The van der Waals surface area contributed by atoms with Crippen LogP contribution in [0.2, 0.25) is 0 Å². The third-order valence-electron chi connectivity index (χ3n) is 5.02. The highest BCUT2D eigenvalue weighted by atomic mass is 16.1. The van der Waals surface area contributed by atoms with Crippen molar-refractivity contribution in [1.29, 1.82) is 0 Å². The standard InChI is InChI=1S/C19H20N2O/c22-19(21-12-18-16-10-20-11-17(16)18)15-8-6-14(7-9-15)13-4-2-1-3-5-13/h1-9,16-18,20H,10-12H2,(H,21,22). The molecular formula is C19H20N2O. The van der Waals surface area contributed by atoms with Crippen LogP contribution in [0, 0.1) is 17.8 Å². The number of benzene rings is 2. The Morgan fingerprint density at radius 2 is 1.59 bits per heavy atom. The summed E-state index contributed by atoms with van der Waals surface area (Å²) in [4.78, 5) is 12.2. The average Bonchev–Trinajstić information content (AvgIpc) is 3.01. The summed E-state index contributed by atoms with van der Waals surface area (Å²) in [6.07, 6.45) is 0. The molecule has 1 amide bonds. The van der Waals surface area contributed by atoms with Gasteiger partial charge in [0.25, 0.3) is 5.91 Å². The summed E-state index contributed by atoms with van der Waals surface area (Å²) < 4.78 is 0. The zero-order chi connectivity index (χ0) is 14.9. The second kappa shape index (κ2) is 5.58. The first-order chi connectivity index (χ1) is 10.8. The van der Waals surface area contributed by atoms with E-state index in [1.54, 1.807) is 0 Å². The van der Waals surface area contributed by atoms with E-state index in [1.165, 1.54) is 5.56 Å². The van der Waals surface area contributed by atoms with E-state index in [4.69, 9.17) is 0 Å². The molecule has 22 heavy (non-hydrogen) atoms. The summed E-state index contributed by atoms with van der Waals surface area (Å²) in [6, 6.07) is 18.1. The minimum absolute atomic E-state index is 0.0394. The summed E-state index contributed by atoms with van der Waals surface area (Å²) in [5, 5.41) is 6.46. The van der Waals surface area contributed by atoms with Gasteiger partial charge < -0.3 is 10.6 Å². The molecule has 2 N–H and O–H groups in total. The maximum Gasteiger partial charge on any atom is 0.251 e. The van der Waals surface area contributed by atoms with Crippen molar-refractivity contribution >= 4 is 5.91 Å². The SMILES string of the molecule is O=C(NCC1C2CNCC21)c1ccc(-c2ccccc2)cc1. The molecule has 1 saturated carbocycles. The molecule has 2 unspecified atom stereocenters. The van der Waals surface area contributed by atoms with Crippen LogP contribution in [0.15, 0.2) is 54.6 Å². The van der Waals surface area contributed by atoms with Crippen LogP contribution < -0.4 is 10.6 Å². The van der Waals surface area contributed by atoms with Gasteiger partial charge in [0.2, 0.25) is 0 Å². The lowest BCUT2D eigenvalue weighted by Gasteiger charge is -2.08. The Morgan fingerprint density at radius 1 is 0.955 bits per heavy atom. The van der Waals surface area contributed by atoms with Crippen LogP contribution in [0.3, 0.4) is 0 Å². The van der Waals surface area contributed by atoms with Crippen molar-refractivity contribution in [2.45, 2.75) is 0 Å². The molecule has 2 aliphatic rings. The van der Waals surface area contributed by atoms with E-state index < -0.39 is 0 Å². The van der Waals surface area contributed by atoms with Crippen molar-refractivity contribution in [3.05, 3.63) is 60.2 Å². The quantitative estimate of drug-likeness (QED) is 0.909. The Labute approximate surface area is 130 Å². The number of amides is 1. The van der Waals surface area contributed by atoms with Gasteiger partial charge in [0.15, 0.2) is 0 Å². The molecule has 2 fully saturated rings. The zero-order valence-electron chi connectivity index (χ0n) is 12.5. The molecule has 4 rings (SSSR count). The van der Waals surface area contributed by atoms with E-state index in [1.807, 2.05) is 42.5 Å². The lowest BCUT2D eigenvalue weighted by molar-refractivity contribution is 0.0950. The molecule has 2 aromatic rings.